The molecule has 1 amide bonds. The molecule has 1 heterocycles. The number of carbonyl (C=O) groups excluding carboxylic acids is 1. The average molecular weight is 278 g/mol. The van der Waals surface area contributed by atoms with Gasteiger partial charge in [-0.15, -0.1) is 0 Å². The summed E-state index contributed by atoms with van der Waals surface area (Å²) in [6, 6.07) is 7.40. The van der Waals surface area contributed by atoms with Gasteiger partial charge in [0.2, 0.25) is 6.10 Å². The zero-order chi connectivity index (χ0) is 14.4. The fraction of sp³-hybridized carbons (Fsp3) is 0.533. The van der Waals surface area contributed by atoms with Crippen molar-refractivity contribution in [3.8, 4) is 11.5 Å². The van der Waals surface area contributed by atoms with Crippen LogP contribution >= 0.6 is 0 Å². The zero-order valence-corrected chi connectivity index (χ0v) is 12.0. The highest BCUT2D eigenvalue weighted by molar-refractivity contribution is 5.82. The van der Waals surface area contributed by atoms with Crippen molar-refractivity contribution in [1.82, 2.24) is 10.6 Å². The number of para-hydroxylation sites is 2. The van der Waals surface area contributed by atoms with Crippen molar-refractivity contribution in [2.45, 2.75) is 32.5 Å². The van der Waals surface area contributed by atoms with Crippen molar-refractivity contribution in [2.75, 3.05) is 19.6 Å². The molecule has 1 aliphatic heterocycles. The number of benzene rings is 1. The van der Waals surface area contributed by atoms with E-state index in [1.54, 1.807) is 0 Å². The summed E-state index contributed by atoms with van der Waals surface area (Å²) in [6.45, 7) is 6.27. The Kier molecular flexibility index (Phi) is 5.24. The van der Waals surface area contributed by atoms with E-state index in [0.717, 1.165) is 19.5 Å². The van der Waals surface area contributed by atoms with Gasteiger partial charge in [-0.2, -0.15) is 0 Å². The molecule has 0 radical (unpaired) electrons. The number of ether oxygens (including phenoxy) is 2. The van der Waals surface area contributed by atoms with Crippen LogP contribution in [0, 0.1) is 0 Å². The van der Waals surface area contributed by atoms with Crippen LogP contribution in [0.3, 0.4) is 0 Å². The number of hydrogen-bond donors (Lipinski definition) is 2. The van der Waals surface area contributed by atoms with Gasteiger partial charge in [-0.25, -0.2) is 0 Å². The first-order chi connectivity index (χ1) is 9.72. The molecule has 2 unspecified atom stereocenters. The van der Waals surface area contributed by atoms with Gasteiger partial charge in [0.15, 0.2) is 11.5 Å². The van der Waals surface area contributed by atoms with E-state index < -0.39 is 6.10 Å². The van der Waals surface area contributed by atoms with Gasteiger partial charge in [0.05, 0.1) is 0 Å². The van der Waals surface area contributed by atoms with Crippen molar-refractivity contribution >= 4 is 5.91 Å². The second-order valence-electron chi connectivity index (χ2n) is 4.85. The first-order valence-electron chi connectivity index (χ1n) is 7.13. The van der Waals surface area contributed by atoms with Gasteiger partial charge in [0, 0.05) is 13.1 Å². The van der Waals surface area contributed by atoms with Gasteiger partial charge in [0.1, 0.15) is 6.10 Å². The normalized spacial score (nSPS) is 20.5. The van der Waals surface area contributed by atoms with E-state index in [1.807, 2.05) is 31.2 Å². The third-order valence-corrected chi connectivity index (χ3v) is 3.13. The maximum atomic E-state index is 12.1. The lowest BCUT2D eigenvalue weighted by Gasteiger charge is -2.31. The van der Waals surface area contributed by atoms with Crippen LogP contribution in [0.25, 0.3) is 0 Å². The van der Waals surface area contributed by atoms with Gasteiger partial charge < -0.3 is 20.1 Å². The highest BCUT2D eigenvalue weighted by Gasteiger charge is 2.33. The molecule has 5 nitrogen and oxygen atoms in total. The summed E-state index contributed by atoms with van der Waals surface area (Å²) >= 11 is 0. The van der Waals surface area contributed by atoms with Crippen molar-refractivity contribution < 1.29 is 14.3 Å². The van der Waals surface area contributed by atoms with E-state index >= 15 is 0 Å². The fourth-order valence-electron chi connectivity index (χ4n) is 2.08. The van der Waals surface area contributed by atoms with Crippen LogP contribution in [0.15, 0.2) is 24.3 Å². The third-order valence-electron chi connectivity index (χ3n) is 3.13. The Hall–Kier alpha value is -1.75. The smallest absolute Gasteiger partial charge is 0.265 e. The number of amides is 1. The minimum atomic E-state index is -0.601. The topological polar surface area (TPSA) is 59.6 Å². The van der Waals surface area contributed by atoms with Crippen molar-refractivity contribution in [1.29, 1.82) is 0 Å². The van der Waals surface area contributed by atoms with Crippen molar-refractivity contribution in [2.24, 2.45) is 0 Å². The third kappa shape index (κ3) is 3.63. The average Bonchev–Trinajstić information content (AvgIpc) is 2.46. The summed E-state index contributed by atoms with van der Waals surface area (Å²) in [5, 5.41) is 6.10. The first-order valence-corrected chi connectivity index (χ1v) is 7.13. The minimum absolute atomic E-state index is 0.134. The summed E-state index contributed by atoms with van der Waals surface area (Å²) < 4.78 is 11.4. The molecular formula is C15H22N2O3. The first kappa shape index (κ1) is 14.7. The van der Waals surface area contributed by atoms with Gasteiger partial charge in [0.25, 0.3) is 5.91 Å². The molecule has 0 aliphatic carbocycles. The summed E-state index contributed by atoms with van der Waals surface area (Å²) in [6.07, 6.45) is 0.186. The quantitative estimate of drug-likeness (QED) is 0.771. The van der Waals surface area contributed by atoms with Crippen molar-refractivity contribution in [3.05, 3.63) is 24.3 Å². The van der Waals surface area contributed by atoms with E-state index in [4.69, 9.17) is 9.47 Å². The van der Waals surface area contributed by atoms with E-state index in [1.165, 1.54) is 0 Å². The highest BCUT2D eigenvalue weighted by Crippen LogP contribution is 2.33. The Bertz CT molecular complexity index is 450. The van der Waals surface area contributed by atoms with Crippen LogP contribution in [0.1, 0.15) is 20.3 Å². The largest absolute Gasteiger partial charge is 0.482 e. The maximum absolute atomic E-state index is 12.1. The molecule has 110 valence electrons. The van der Waals surface area contributed by atoms with E-state index in [2.05, 4.69) is 17.6 Å². The van der Waals surface area contributed by atoms with Crippen molar-refractivity contribution in [3.63, 3.8) is 0 Å². The van der Waals surface area contributed by atoms with E-state index in [0.29, 0.717) is 18.0 Å². The molecule has 1 aromatic carbocycles. The summed E-state index contributed by atoms with van der Waals surface area (Å²) in [7, 11) is 0. The second-order valence-corrected chi connectivity index (χ2v) is 4.85. The predicted octanol–water partition coefficient (Wildman–Crippen LogP) is 1.33. The molecule has 1 aliphatic rings. The lowest BCUT2D eigenvalue weighted by molar-refractivity contribution is -0.133. The minimum Gasteiger partial charge on any atom is -0.482 e. The molecule has 0 fully saturated rings. The number of fused-ring (bicyclic) bond motifs is 1. The molecule has 0 saturated heterocycles. The lowest BCUT2D eigenvalue weighted by Crippen LogP contribution is -2.50. The number of nitrogens with one attached hydrogen (secondary N) is 2. The molecule has 2 atom stereocenters. The zero-order valence-electron chi connectivity index (χ0n) is 12.0. The Labute approximate surface area is 119 Å². The second kappa shape index (κ2) is 7.14. The Morgan fingerprint density at radius 3 is 2.55 bits per heavy atom. The maximum Gasteiger partial charge on any atom is 0.265 e. The summed E-state index contributed by atoms with van der Waals surface area (Å²) in [4.78, 5) is 12.1. The van der Waals surface area contributed by atoms with Gasteiger partial charge in [-0.1, -0.05) is 19.1 Å². The molecular weight excluding hydrogens is 256 g/mol. The summed E-state index contributed by atoms with van der Waals surface area (Å²) in [5.41, 5.74) is 0. The van der Waals surface area contributed by atoms with Crippen LogP contribution in [-0.4, -0.2) is 37.7 Å². The molecule has 0 spiro atoms. The standard InChI is InChI=1S/C15H22N2O3/c1-3-8-16-9-10-17-15(18)14-11(2)19-12-6-4-5-7-13(12)20-14/h4-7,11,14,16H,3,8-10H2,1-2H3,(H,17,18). The SMILES string of the molecule is CCCNCCNC(=O)C1Oc2ccccc2OC1C. The molecule has 1 aromatic rings. The molecule has 0 aromatic heterocycles. The Morgan fingerprint density at radius 2 is 1.85 bits per heavy atom. The van der Waals surface area contributed by atoms with Crippen LogP contribution in [-0.2, 0) is 4.79 Å². The lowest BCUT2D eigenvalue weighted by atomic mass is 10.1. The molecule has 5 heteroatoms. The van der Waals surface area contributed by atoms with E-state index in [-0.39, 0.29) is 12.0 Å². The molecule has 2 N–H and O–H groups in total. The Balaban J connectivity index is 1.85. The Morgan fingerprint density at radius 1 is 1.15 bits per heavy atom. The predicted molar refractivity (Wildman–Crippen MR) is 77.1 cm³/mol. The van der Waals surface area contributed by atoms with Crippen LogP contribution in [0.2, 0.25) is 0 Å². The van der Waals surface area contributed by atoms with Gasteiger partial charge in [-0.3, -0.25) is 4.79 Å². The fourth-order valence-corrected chi connectivity index (χ4v) is 2.08. The molecule has 2 rings (SSSR count). The highest BCUT2D eigenvalue weighted by atomic mass is 16.6. The van der Waals surface area contributed by atoms with Crippen LogP contribution in [0.5, 0.6) is 11.5 Å². The monoisotopic (exact) mass is 278 g/mol. The number of carbonyl (C=O) groups is 1. The summed E-state index contributed by atoms with van der Waals surface area (Å²) in [5.74, 6) is 1.17. The van der Waals surface area contributed by atoms with Gasteiger partial charge >= 0.3 is 0 Å². The van der Waals surface area contributed by atoms with E-state index in [9.17, 15) is 4.79 Å². The van der Waals surface area contributed by atoms with Gasteiger partial charge in [-0.05, 0) is 32.0 Å². The molecule has 0 saturated carbocycles. The number of hydrogen-bond acceptors (Lipinski definition) is 4. The number of rotatable bonds is 6. The van der Waals surface area contributed by atoms with Crippen LogP contribution in [0.4, 0.5) is 0 Å². The molecule has 0 bridgehead atoms. The van der Waals surface area contributed by atoms with Crippen LogP contribution < -0.4 is 20.1 Å². The molecule has 20 heavy (non-hydrogen) atoms.